The van der Waals surface area contributed by atoms with E-state index in [-0.39, 0.29) is 28.8 Å². The number of nitrogens with zero attached hydrogens (tertiary/aromatic N) is 2. The molecule has 218 valence electrons. The van der Waals surface area contributed by atoms with Gasteiger partial charge in [0, 0.05) is 5.92 Å². The molecule has 5 rings (SSSR count). The lowest BCUT2D eigenvalue weighted by Crippen LogP contribution is -2.34. The van der Waals surface area contributed by atoms with Crippen molar-refractivity contribution in [3.63, 3.8) is 0 Å². The van der Waals surface area contributed by atoms with Crippen LogP contribution in [-0.2, 0) is 9.53 Å². The van der Waals surface area contributed by atoms with Crippen molar-refractivity contribution in [2.75, 3.05) is 27.9 Å². The second kappa shape index (κ2) is 12.4. The Bertz CT molecular complexity index is 1510. The number of hydrogen-bond donors (Lipinski definition) is 0. The number of hydrazone groups is 1. The second-order valence-corrected chi connectivity index (χ2v) is 9.93. The monoisotopic (exact) mass is 576 g/mol. The number of ether oxygens (including phenoxy) is 4. The number of rotatable bonds is 8. The minimum atomic E-state index is -0.762. The highest BCUT2D eigenvalue weighted by Crippen LogP contribution is 2.44. The molecule has 8 nitrogen and oxygen atoms in total. The molecule has 0 aromatic heterocycles. The third kappa shape index (κ3) is 5.83. The summed E-state index contributed by atoms with van der Waals surface area (Å²) in [6.45, 7) is -0.576. The summed E-state index contributed by atoms with van der Waals surface area (Å²) in [5, 5.41) is 6.06. The van der Waals surface area contributed by atoms with Gasteiger partial charge in [0.25, 0.3) is 5.91 Å². The fraction of sp³-hybridized carbons (Fsp3) is 0.281. The number of carbonyl (C=O) groups excluding carboxylic acids is 2. The summed E-state index contributed by atoms with van der Waals surface area (Å²) in [7, 11) is 4.30. The van der Waals surface area contributed by atoms with E-state index in [2.05, 4.69) is 0 Å². The van der Waals surface area contributed by atoms with Crippen molar-refractivity contribution in [1.82, 2.24) is 5.01 Å². The van der Waals surface area contributed by atoms with E-state index in [1.54, 1.807) is 24.3 Å². The van der Waals surface area contributed by atoms with Crippen molar-refractivity contribution >= 4 is 23.7 Å². The van der Waals surface area contributed by atoms with Crippen LogP contribution in [0.4, 0.5) is 8.78 Å². The van der Waals surface area contributed by atoms with Gasteiger partial charge in [-0.05, 0) is 78.4 Å². The number of benzene rings is 3. The third-order valence-electron chi connectivity index (χ3n) is 7.41. The Balaban J connectivity index is 1.42. The molecule has 10 heteroatoms. The van der Waals surface area contributed by atoms with Crippen molar-refractivity contribution in [1.29, 1.82) is 0 Å². The Hall–Kier alpha value is -4.73. The molecule has 42 heavy (non-hydrogen) atoms. The molecule has 3 aromatic carbocycles. The average molecular weight is 577 g/mol. The van der Waals surface area contributed by atoms with Gasteiger partial charge in [-0.15, -0.1) is 0 Å². The van der Waals surface area contributed by atoms with E-state index in [9.17, 15) is 18.4 Å². The normalized spacial score (nSPS) is 18.7. The van der Waals surface area contributed by atoms with Crippen LogP contribution in [0.5, 0.6) is 17.2 Å². The van der Waals surface area contributed by atoms with Crippen molar-refractivity contribution in [3.8, 4) is 17.2 Å². The number of fused-ring (bicyclic) bond motifs is 1. The van der Waals surface area contributed by atoms with Gasteiger partial charge in [0.1, 0.15) is 11.6 Å². The lowest BCUT2D eigenvalue weighted by molar-refractivity contribution is -0.137. The first kappa shape index (κ1) is 28.8. The Morgan fingerprint density at radius 2 is 1.55 bits per heavy atom. The number of halogens is 2. The highest BCUT2D eigenvalue weighted by atomic mass is 19.1. The van der Waals surface area contributed by atoms with Crippen LogP contribution in [0.3, 0.4) is 0 Å². The van der Waals surface area contributed by atoms with E-state index in [1.165, 1.54) is 62.7 Å². The largest absolute Gasteiger partial charge is 0.493 e. The van der Waals surface area contributed by atoms with E-state index in [0.717, 1.165) is 36.1 Å². The molecule has 1 aliphatic carbocycles. The highest BCUT2D eigenvalue weighted by molar-refractivity contribution is 6.08. The van der Waals surface area contributed by atoms with Crippen LogP contribution in [0, 0.1) is 17.6 Å². The lowest BCUT2D eigenvalue weighted by Gasteiger charge is -2.29. The van der Waals surface area contributed by atoms with Gasteiger partial charge in [0.2, 0.25) is 5.75 Å². The van der Waals surface area contributed by atoms with Gasteiger partial charge < -0.3 is 18.9 Å². The van der Waals surface area contributed by atoms with Crippen molar-refractivity contribution in [3.05, 3.63) is 94.6 Å². The summed E-state index contributed by atoms with van der Waals surface area (Å²) in [5.74, 6) is -1.32. The van der Waals surface area contributed by atoms with E-state index in [4.69, 9.17) is 24.0 Å². The minimum absolute atomic E-state index is 0.110. The third-order valence-corrected chi connectivity index (χ3v) is 7.41. The Morgan fingerprint density at radius 1 is 0.929 bits per heavy atom. The number of hydrogen-bond acceptors (Lipinski definition) is 7. The molecule has 1 fully saturated rings. The maximum atomic E-state index is 13.8. The molecule has 0 spiro atoms. The van der Waals surface area contributed by atoms with Crippen LogP contribution in [0.2, 0.25) is 0 Å². The quantitative estimate of drug-likeness (QED) is 0.307. The molecule has 0 N–H and O–H groups in total. The van der Waals surface area contributed by atoms with Gasteiger partial charge >= 0.3 is 5.97 Å². The Labute approximate surface area is 242 Å². The Kier molecular flexibility index (Phi) is 8.51. The molecular weight excluding hydrogens is 546 g/mol. The molecule has 2 unspecified atom stereocenters. The maximum absolute atomic E-state index is 13.8. The average Bonchev–Trinajstić information content (AvgIpc) is 3.41. The van der Waals surface area contributed by atoms with Crippen molar-refractivity contribution in [2.24, 2.45) is 11.0 Å². The van der Waals surface area contributed by atoms with E-state index in [1.807, 2.05) is 6.08 Å². The summed E-state index contributed by atoms with van der Waals surface area (Å²) in [5.41, 5.74) is 3.32. The van der Waals surface area contributed by atoms with E-state index in [0.29, 0.717) is 11.3 Å². The molecule has 1 amide bonds. The topological polar surface area (TPSA) is 86.7 Å². The second-order valence-electron chi connectivity index (χ2n) is 9.93. The van der Waals surface area contributed by atoms with E-state index >= 15 is 0 Å². The van der Waals surface area contributed by atoms with Crippen LogP contribution >= 0.6 is 0 Å². The Morgan fingerprint density at radius 3 is 2.14 bits per heavy atom. The molecule has 0 bridgehead atoms. The minimum Gasteiger partial charge on any atom is -0.493 e. The number of amides is 1. The van der Waals surface area contributed by atoms with E-state index < -0.39 is 30.3 Å². The van der Waals surface area contributed by atoms with Gasteiger partial charge in [0.15, 0.2) is 18.1 Å². The number of allylic oxidation sites excluding steroid dienone is 1. The van der Waals surface area contributed by atoms with Crippen molar-refractivity contribution in [2.45, 2.75) is 25.3 Å². The first-order valence-corrected chi connectivity index (χ1v) is 13.4. The van der Waals surface area contributed by atoms with Gasteiger partial charge in [-0.25, -0.2) is 18.6 Å². The first-order chi connectivity index (χ1) is 20.3. The lowest BCUT2D eigenvalue weighted by atomic mass is 9.77. The van der Waals surface area contributed by atoms with Gasteiger partial charge in [-0.2, -0.15) is 5.10 Å². The van der Waals surface area contributed by atoms with Gasteiger partial charge in [0.05, 0.1) is 38.6 Å². The van der Waals surface area contributed by atoms with Crippen LogP contribution in [0.25, 0.3) is 6.08 Å². The molecule has 2 aliphatic rings. The SMILES string of the molecule is COc1cc(C(=O)OCC(=O)N2N=C3C(=Cc4ccc(F)cc4)CCCC3C2c2ccc(F)cc2)cc(OC)c1OC. The van der Waals surface area contributed by atoms with Crippen LogP contribution in [0.15, 0.2) is 71.3 Å². The fourth-order valence-electron chi connectivity index (χ4n) is 5.44. The molecule has 0 saturated heterocycles. The zero-order chi connectivity index (χ0) is 29.8. The zero-order valence-corrected chi connectivity index (χ0v) is 23.4. The molecule has 1 saturated carbocycles. The zero-order valence-electron chi connectivity index (χ0n) is 23.4. The standard InChI is InChI=1S/C32H30F2N2O6/c1-39-26-16-22(17-27(40-2)31(26)41-3)32(38)42-18-28(37)36-30(20-9-13-24(34)14-10-20)25-6-4-5-21(29(25)35-36)15-19-7-11-23(33)12-8-19/h7-17,25,30H,4-6,18H2,1-3H3. The summed E-state index contributed by atoms with van der Waals surface area (Å²) in [4.78, 5) is 26.5. The van der Waals surface area contributed by atoms with Crippen LogP contribution < -0.4 is 14.2 Å². The molecule has 1 heterocycles. The van der Waals surface area contributed by atoms with Gasteiger partial charge in [-0.1, -0.05) is 24.3 Å². The molecule has 3 aromatic rings. The maximum Gasteiger partial charge on any atom is 0.338 e. The number of carbonyl (C=O) groups is 2. The number of esters is 1. The highest BCUT2D eigenvalue weighted by Gasteiger charge is 2.44. The summed E-state index contributed by atoms with van der Waals surface area (Å²) in [6, 6.07) is 14.5. The van der Waals surface area contributed by atoms with Crippen molar-refractivity contribution < 1.29 is 37.3 Å². The first-order valence-electron chi connectivity index (χ1n) is 13.4. The number of methoxy groups -OCH3 is 3. The molecule has 1 aliphatic heterocycles. The summed E-state index contributed by atoms with van der Waals surface area (Å²) < 4.78 is 48.6. The van der Waals surface area contributed by atoms with Crippen LogP contribution in [0.1, 0.15) is 46.8 Å². The predicted molar refractivity (Wildman–Crippen MR) is 152 cm³/mol. The van der Waals surface area contributed by atoms with Crippen LogP contribution in [-0.4, -0.2) is 50.5 Å². The molecular formula is C32H30F2N2O6. The smallest absolute Gasteiger partial charge is 0.338 e. The summed E-state index contributed by atoms with van der Waals surface area (Å²) in [6.07, 6.45) is 4.30. The molecule has 2 atom stereocenters. The molecule has 0 radical (unpaired) electrons. The summed E-state index contributed by atoms with van der Waals surface area (Å²) >= 11 is 0. The predicted octanol–water partition coefficient (Wildman–Crippen LogP) is 5.97. The fourth-order valence-corrected chi connectivity index (χ4v) is 5.44. The van der Waals surface area contributed by atoms with Gasteiger partial charge in [-0.3, -0.25) is 4.79 Å².